The highest BCUT2D eigenvalue weighted by molar-refractivity contribution is 6.30. The van der Waals surface area contributed by atoms with Gasteiger partial charge in [0.05, 0.1) is 11.4 Å². The number of benzene rings is 2. The summed E-state index contributed by atoms with van der Waals surface area (Å²) in [5, 5.41) is 3.73. The summed E-state index contributed by atoms with van der Waals surface area (Å²) in [6, 6.07) is 13.5. The van der Waals surface area contributed by atoms with Gasteiger partial charge >= 0.3 is 0 Å². The monoisotopic (exact) mass is 385 g/mol. The normalized spacial score (nSPS) is 19.5. The number of ether oxygens (including phenoxy) is 1. The van der Waals surface area contributed by atoms with Crippen LogP contribution in [-0.2, 0) is 11.2 Å². The molecule has 0 aromatic heterocycles. The van der Waals surface area contributed by atoms with Gasteiger partial charge in [0, 0.05) is 37.6 Å². The lowest BCUT2D eigenvalue weighted by Gasteiger charge is -2.36. The van der Waals surface area contributed by atoms with Crippen molar-refractivity contribution in [1.82, 2.24) is 4.90 Å². The third-order valence-electron chi connectivity index (χ3n) is 5.31. The molecule has 0 spiro atoms. The zero-order chi connectivity index (χ0) is 18.8. The number of nitrogens with zero attached hydrogens (tertiary/aromatic N) is 2. The lowest BCUT2D eigenvalue weighted by molar-refractivity contribution is -0.122. The van der Waals surface area contributed by atoms with Crippen LogP contribution in [0.15, 0.2) is 42.5 Å². The SMILES string of the molecule is CCN1CCN(c2ccccc2NC(=O)C2Cc3cc(Cl)ccc3O2)CC1. The highest BCUT2D eigenvalue weighted by Gasteiger charge is 2.30. The van der Waals surface area contributed by atoms with E-state index in [9.17, 15) is 4.79 Å². The lowest BCUT2D eigenvalue weighted by atomic mass is 10.1. The minimum absolute atomic E-state index is 0.123. The number of likely N-dealkylation sites (N-methyl/N-ethyl adjacent to an activating group) is 1. The number of anilines is 2. The standard InChI is InChI=1S/C21H24ClN3O2/c1-2-24-9-11-25(12-10-24)18-6-4-3-5-17(18)23-21(26)20-14-15-13-16(22)7-8-19(15)27-20/h3-8,13,20H,2,9-12,14H2,1H3,(H,23,26). The number of nitrogens with one attached hydrogen (secondary N) is 1. The molecule has 1 unspecified atom stereocenters. The number of amides is 1. The van der Waals surface area contributed by atoms with Crippen molar-refractivity contribution in [3.05, 3.63) is 53.1 Å². The van der Waals surface area contributed by atoms with Gasteiger partial charge in [-0.3, -0.25) is 4.79 Å². The number of hydrogen-bond acceptors (Lipinski definition) is 4. The minimum atomic E-state index is -0.525. The van der Waals surface area contributed by atoms with Crippen LogP contribution in [0.3, 0.4) is 0 Å². The molecule has 2 aliphatic heterocycles. The molecule has 0 saturated carbocycles. The van der Waals surface area contributed by atoms with Gasteiger partial charge in [-0.05, 0) is 42.4 Å². The maximum absolute atomic E-state index is 12.8. The third kappa shape index (κ3) is 3.89. The van der Waals surface area contributed by atoms with Crippen molar-refractivity contribution in [2.24, 2.45) is 0 Å². The molecule has 2 aromatic carbocycles. The van der Waals surface area contributed by atoms with Crippen LogP contribution in [0.25, 0.3) is 0 Å². The van der Waals surface area contributed by atoms with Gasteiger partial charge in [0.15, 0.2) is 6.10 Å². The molecule has 1 fully saturated rings. The molecule has 0 radical (unpaired) electrons. The maximum Gasteiger partial charge on any atom is 0.265 e. The fourth-order valence-electron chi connectivity index (χ4n) is 3.74. The van der Waals surface area contributed by atoms with E-state index in [0.717, 1.165) is 55.4 Å². The van der Waals surface area contributed by atoms with Crippen LogP contribution in [-0.4, -0.2) is 49.6 Å². The van der Waals surface area contributed by atoms with E-state index in [1.165, 1.54) is 0 Å². The number of hydrogen-bond donors (Lipinski definition) is 1. The van der Waals surface area contributed by atoms with Crippen molar-refractivity contribution < 1.29 is 9.53 Å². The number of rotatable bonds is 4. The summed E-state index contributed by atoms with van der Waals surface area (Å²) in [5.41, 5.74) is 2.89. The zero-order valence-electron chi connectivity index (χ0n) is 15.5. The first-order chi connectivity index (χ1) is 13.1. The average Bonchev–Trinajstić information content (AvgIpc) is 3.12. The molecule has 2 aliphatic rings. The van der Waals surface area contributed by atoms with E-state index in [1.54, 1.807) is 6.07 Å². The van der Waals surface area contributed by atoms with E-state index in [-0.39, 0.29) is 5.91 Å². The largest absolute Gasteiger partial charge is 0.480 e. The van der Waals surface area contributed by atoms with Crippen molar-refractivity contribution in [3.63, 3.8) is 0 Å². The second kappa shape index (κ2) is 7.79. The van der Waals surface area contributed by atoms with Crippen LogP contribution in [0.5, 0.6) is 5.75 Å². The summed E-state index contributed by atoms with van der Waals surface area (Å²) in [6.45, 7) is 7.28. The Kier molecular flexibility index (Phi) is 5.23. The zero-order valence-corrected chi connectivity index (χ0v) is 16.2. The molecule has 6 heteroatoms. The maximum atomic E-state index is 12.8. The Hall–Kier alpha value is -2.24. The summed E-state index contributed by atoms with van der Waals surface area (Å²) in [4.78, 5) is 17.6. The Morgan fingerprint density at radius 2 is 1.96 bits per heavy atom. The van der Waals surface area contributed by atoms with E-state index in [2.05, 4.69) is 28.1 Å². The van der Waals surface area contributed by atoms with Gasteiger partial charge in [0.2, 0.25) is 0 Å². The van der Waals surface area contributed by atoms with Crippen LogP contribution in [0.2, 0.25) is 5.02 Å². The molecule has 27 heavy (non-hydrogen) atoms. The van der Waals surface area contributed by atoms with Gasteiger partial charge in [0.1, 0.15) is 5.75 Å². The predicted octanol–water partition coefficient (Wildman–Crippen LogP) is 3.42. The van der Waals surface area contributed by atoms with Crippen molar-refractivity contribution in [2.45, 2.75) is 19.4 Å². The summed E-state index contributed by atoms with van der Waals surface area (Å²) in [7, 11) is 0. The third-order valence-corrected chi connectivity index (χ3v) is 5.55. The van der Waals surface area contributed by atoms with Crippen LogP contribution in [0.4, 0.5) is 11.4 Å². The fraction of sp³-hybridized carbons (Fsp3) is 0.381. The second-order valence-electron chi connectivity index (χ2n) is 6.99. The molecule has 142 valence electrons. The van der Waals surface area contributed by atoms with E-state index >= 15 is 0 Å². The summed E-state index contributed by atoms with van der Waals surface area (Å²) < 4.78 is 5.82. The number of para-hydroxylation sites is 2. The molecule has 2 aromatic rings. The first-order valence-corrected chi connectivity index (χ1v) is 9.84. The highest BCUT2D eigenvalue weighted by atomic mass is 35.5. The lowest BCUT2D eigenvalue weighted by Crippen LogP contribution is -2.46. The molecule has 1 atom stereocenters. The molecular weight excluding hydrogens is 362 g/mol. The highest BCUT2D eigenvalue weighted by Crippen LogP contribution is 2.32. The number of carbonyl (C=O) groups excluding carboxylic acids is 1. The molecule has 1 amide bonds. The topological polar surface area (TPSA) is 44.8 Å². The van der Waals surface area contributed by atoms with Gasteiger partial charge in [-0.1, -0.05) is 30.7 Å². The fourth-order valence-corrected chi connectivity index (χ4v) is 3.93. The van der Waals surface area contributed by atoms with E-state index in [0.29, 0.717) is 11.4 Å². The number of halogens is 1. The molecule has 5 nitrogen and oxygen atoms in total. The Bertz CT molecular complexity index is 834. The van der Waals surface area contributed by atoms with Gasteiger partial charge in [-0.2, -0.15) is 0 Å². The molecule has 2 heterocycles. The van der Waals surface area contributed by atoms with Crippen molar-refractivity contribution in [2.75, 3.05) is 42.9 Å². The Morgan fingerprint density at radius 3 is 2.74 bits per heavy atom. The van der Waals surface area contributed by atoms with Crippen molar-refractivity contribution in [3.8, 4) is 5.75 Å². The first kappa shape index (κ1) is 18.1. The van der Waals surface area contributed by atoms with E-state index in [4.69, 9.17) is 16.3 Å². The average molecular weight is 386 g/mol. The predicted molar refractivity (Wildman–Crippen MR) is 109 cm³/mol. The van der Waals surface area contributed by atoms with Crippen LogP contribution < -0.4 is 15.0 Å². The van der Waals surface area contributed by atoms with E-state index in [1.807, 2.05) is 30.3 Å². The second-order valence-corrected chi connectivity index (χ2v) is 7.43. The number of carbonyl (C=O) groups is 1. The Morgan fingerprint density at radius 1 is 1.19 bits per heavy atom. The van der Waals surface area contributed by atoms with Crippen molar-refractivity contribution >= 4 is 28.9 Å². The quantitative estimate of drug-likeness (QED) is 0.875. The van der Waals surface area contributed by atoms with Crippen molar-refractivity contribution in [1.29, 1.82) is 0 Å². The Balaban J connectivity index is 1.45. The molecule has 0 aliphatic carbocycles. The molecule has 1 saturated heterocycles. The summed E-state index contributed by atoms with van der Waals surface area (Å²) in [6.07, 6.45) is 0.0162. The van der Waals surface area contributed by atoms with E-state index < -0.39 is 6.10 Å². The summed E-state index contributed by atoms with van der Waals surface area (Å²) in [5.74, 6) is 0.616. The number of piperazine rings is 1. The Labute approximate surface area is 164 Å². The van der Waals surface area contributed by atoms with Gasteiger partial charge in [-0.15, -0.1) is 0 Å². The molecule has 4 rings (SSSR count). The minimum Gasteiger partial charge on any atom is -0.480 e. The molecular formula is C21H24ClN3O2. The summed E-state index contributed by atoms with van der Waals surface area (Å²) >= 11 is 6.04. The van der Waals surface area contributed by atoms with Crippen LogP contribution in [0.1, 0.15) is 12.5 Å². The van der Waals surface area contributed by atoms with Gasteiger partial charge < -0.3 is 19.9 Å². The van der Waals surface area contributed by atoms with Gasteiger partial charge in [-0.25, -0.2) is 0 Å². The smallest absolute Gasteiger partial charge is 0.265 e. The van der Waals surface area contributed by atoms with Crippen LogP contribution in [0, 0.1) is 0 Å². The first-order valence-electron chi connectivity index (χ1n) is 9.46. The number of fused-ring (bicyclic) bond motifs is 1. The molecule has 1 N–H and O–H groups in total. The van der Waals surface area contributed by atoms with Gasteiger partial charge in [0.25, 0.3) is 5.91 Å². The van der Waals surface area contributed by atoms with Crippen LogP contribution >= 0.6 is 11.6 Å². The molecule has 0 bridgehead atoms.